The molecule has 3 aliphatic rings. The summed E-state index contributed by atoms with van der Waals surface area (Å²) >= 11 is 0. The molecule has 0 amide bonds. The Morgan fingerprint density at radius 2 is 1.67 bits per heavy atom. The van der Waals surface area contributed by atoms with E-state index in [0.717, 1.165) is 30.6 Å². The molecule has 3 rings (SSSR count). The van der Waals surface area contributed by atoms with Crippen molar-refractivity contribution in [2.24, 2.45) is 51.8 Å². The second kappa shape index (κ2) is 11.6. The predicted molar refractivity (Wildman–Crippen MR) is 143 cm³/mol. The van der Waals surface area contributed by atoms with Gasteiger partial charge < -0.3 is 10.2 Å². The number of hydrogen-bond donors (Lipinski definition) is 2. The van der Waals surface area contributed by atoms with Gasteiger partial charge in [0, 0.05) is 6.61 Å². The summed E-state index contributed by atoms with van der Waals surface area (Å²) in [7, 11) is 0. The Balaban J connectivity index is 0.00000122. The lowest BCUT2D eigenvalue weighted by molar-refractivity contribution is -0.214. The van der Waals surface area contributed by atoms with E-state index in [1.807, 2.05) is 6.92 Å². The molecule has 10 atom stereocenters. The van der Waals surface area contributed by atoms with Crippen LogP contribution in [0.3, 0.4) is 0 Å². The number of hydrogen-bond acceptors (Lipinski definition) is 2. The molecule has 0 bridgehead atoms. The van der Waals surface area contributed by atoms with Crippen molar-refractivity contribution in [3.8, 4) is 0 Å². The van der Waals surface area contributed by atoms with Gasteiger partial charge in [-0.1, -0.05) is 67.4 Å². The van der Waals surface area contributed by atoms with E-state index in [1.54, 1.807) is 6.08 Å². The third-order valence-electron chi connectivity index (χ3n) is 11.4. The normalized spacial score (nSPS) is 44.5. The van der Waals surface area contributed by atoms with Crippen molar-refractivity contribution < 1.29 is 10.2 Å². The van der Waals surface area contributed by atoms with E-state index >= 15 is 0 Å². The van der Waals surface area contributed by atoms with Gasteiger partial charge in [0.15, 0.2) is 0 Å². The van der Waals surface area contributed by atoms with Gasteiger partial charge in [-0.2, -0.15) is 0 Å². The SMILES string of the molecule is C=CC.CCCC(C)C1CCC2C3(C)CCC(O)C(C)C3CCC2(C)[C@]1(C)CCC(C)CO. The first-order valence-electron chi connectivity index (χ1n) is 14.3. The van der Waals surface area contributed by atoms with Crippen LogP contribution in [0.25, 0.3) is 0 Å². The van der Waals surface area contributed by atoms with Crippen LogP contribution in [0.15, 0.2) is 12.7 Å². The lowest BCUT2D eigenvalue weighted by Crippen LogP contribution is -2.63. The summed E-state index contributed by atoms with van der Waals surface area (Å²) in [5.41, 5.74) is 1.11. The molecule has 3 aliphatic carbocycles. The zero-order chi connectivity index (χ0) is 25.0. The summed E-state index contributed by atoms with van der Waals surface area (Å²) in [6, 6.07) is 0. The molecule has 2 heteroatoms. The summed E-state index contributed by atoms with van der Waals surface area (Å²) in [5.74, 6) is 3.91. The topological polar surface area (TPSA) is 40.5 Å². The van der Waals surface area contributed by atoms with Crippen LogP contribution in [0.2, 0.25) is 0 Å². The molecule has 0 aromatic heterocycles. The molecule has 9 unspecified atom stereocenters. The molecule has 3 fully saturated rings. The van der Waals surface area contributed by atoms with Gasteiger partial charge in [0.25, 0.3) is 0 Å². The maximum Gasteiger partial charge on any atom is 0.0568 e. The van der Waals surface area contributed by atoms with Crippen LogP contribution in [-0.2, 0) is 0 Å². The summed E-state index contributed by atoms with van der Waals surface area (Å²) in [5, 5.41) is 20.3. The van der Waals surface area contributed by atoms with Gasteiger partial charge in [-0.3, -0.25) is 0 Å². The van der Waals surface area contributed by atoms with E-state index < -0.39 is 0 Å². The van der Waals surface area contributed by atoms with Crippen molar-refractivity contribution in [1.29, 1.82) is 0 Å². The first-order chi connectivity index (χ1) is 15.5. The molecule has 0 aromatic carbocycles. The molecule has 0 radical (unpaired) electrons. The van der Waals surface area contributed by atoms with Crippen molar-refractivity contribution >= 4 is 0 Å². The minimum atomic E-state index is -0.0925. The molecule has 33 heavy (non-hydrogen) atoms. The Labute approximate surface area is 207 Å². The minimum absolute atomic E-state index is 0.0925. The number of fused-ring (bicyclic) bond motifs is 3. The standard InChI is InChI=1S/C28H52O2.C3H6/c1-8-9-20(3)22-10-11-25-26(5)15-14-24(30)21(4)23(26)13-17-28(25,7)27(22,6)16-12-19(2)18-29;1-3-2/h19-25,29-30H,8-18H2,1-7H3;3H,1H2,2H3/t19?,20?,21?,22?,23?,24?,25?,26?,27-,28?;/m1./s1. The fourth-order valence-corrected chi connectivity index (χ4v) is 9.26. The van der Waals surface area contributed by atoms with Crippen molar-refractivity contribution in [1.82, 2.24) is 0 Å². The molecule has 0 heterocycles. The molecular weight excluding hydrogens is 404 g/mol. The van der Waals surface area contributed by atoms with Gasteiger partial charge in [-0.05, 0) is 110 Å². The highest BCUT2D eigenvalue weighted by molar-refractivity contribution is 5.14. The van der Waals surface area contributed by atoms with Gasteiger partial charge in [0.05, 0.1) is 6.10 Å². The largest absolute Gasteiger partial charge is 0.396 e. The van der Waals surface area contributed by atoms with Crippen LogP contribution in [0.1, 0.15) is 120 Å². The number of aliphatic hydroxyl groups excluding tert-OH is 2. The fraction of sp³-hybridized carbons (Fsp3) is 0.935. The summed E-state index contributed by atoms with van der Waals surface area (Å²) in [4.78, 5) is 0. The third kappa shape index (κ3) is 5.28. The van der Waals surface area contributed by atoms with E-state index in [4.69, 9.17) is 0 Å². The van der Waals surface area contributed by atoms with E-state index in [1.165, 1.54) is 51.4 Å². The van der Waals surface area contributed by atoms with Crippen LogP contribution in [0, 0.1) is 51.8 Å². The average Bonchev–Trinajstić information content (AvgIpc) is 2.77. The van der Waals surface area contributed by atoms with Crippen molar-refractivity contribution in [3.05, 3.63) is 12.7 Å². The van der Waals surface area contributed by atoms with E-state index in [-0.39, 0.29) is 6.10 Å². The second-order valence-corrected chi connectivity index (χ2v) is 13.2. The molecule has 194 valence electrons. The molecule has 0 aliphatic heterocycles. The lowest BCUT2D eigenvalue weighted by Gasteiger charge is -2.69. The number of rotatable bonds is 7. The van der Waals surface area contributed by atoms with E-state index in [9.17, 15) is 10.2 Å². The van der Waals surface area contributed by atoms with Gasteiger partial charge >= 0.3 is 0 Å². The van der Waals surface area contributed by atoms with Crippen LogP contribution in [0.4, 0.5) is 0 Å². The van der Waals surface area contributed by atoms with Gasteiger partial charge in [-0.25, -0.2) is 0 Å². The maximum absolute atomic E-state index is 10.6. The lowest BCUT2D eigenvalue weighted by atomic mass is 9.35. The van der Waals surface area contributed by atoms with Crippen LogP contribution in [-0.4, -0.2) is 22.9 Å². The molecule has 2 N–H and O–H groups in total. The Kier molecular flexibility index (Phi) is 10.2. The van der Waals surface area contributed by atoms with E-state index in [2.05, 4.69) is 55.0 Å². The molecule has 0 aromatic rings. The highest BCUT2D eigenvalue weighted by Gasteiger charge is 2.65. The zero-order valence-electron chi connectivity index (χ0n) is 23.5. The first-order valence-corrected chi connectivity index (χ1v) is 14.3. The van der Waals surface area contributed by atoms with Crippen LogP contribution >= 0.6 is 0 Å². The monoisotopic (exact) mass is 462 g/mol. The van der Waals surface area contributed by atoms with Crippen molar-refractivity contribution in [2.45, 2.75) is 126 Å². The summed E-state index contributed by atoms with van der Waals surface area (Å²) < 4.78 is 0. The smallest absolute Gasteiger partial charge is 0.0568 e. The summed E-state index contributed by atoms with van der Waals surface area (Å²) in [6.07, 6.45) is 14.3. The molecule has 2 nitrogen and oxygen atoms in total. The Morgan fingerprint density at radius 1 is 1.03 bits per heavy atom. The maximum atomic E-state index is 10.6. The Bertz CT molecular complexity index is 616. The fourth-order valence-electron chi connectivity index (χ4n) is 9.26. The first kappa shape index (κ1) is 28.9. The molecule has 0 saturated heterocycles. The van der Waals surface area contributed by atoms with Crippen molar-refractivity contribution in [3.63, 3.8) is 0 Å². The highest BCUT2D eigenvalue weighted by Crippen LogP contribution is 2.72. The Morgan fingerprint density at radius 3 is 2.24 bits per heavy atom. The predicted octanol–water partition coefficient (Wildman–Crippen LogP) is 8.27. The van der Waals surface area contributed by atoms with E-state index in [0.29, 0.717) is 40.6 Å². The second-order valence-electron chi connectivity index (χ2n) is 13.2. The zero-order valence-corrected chi connectivity index (χ0v) is 23.5. The van der Waals surface area contributed by atoms with Gasteiger partial charge in [0.2, 0.25) is 0 Å². The average molecular weight is 463 g/mol. The molecule has 0 spiro atoms. The van der Waals surface area contributed by atoms with Crippen LogP contribution < -0.4 is 0 Å². The Hall–Kier alpha value is -0.340. The summed E-state index contributed by atoms with van der Waals surface area (Å²) in [6.45, 7) is 22.9. The number of allylic oxidation sites excluding steroid dienone is 1. The minimum Gasteiger partial charge on any atom is -0.396 e. The molecular formula is C31H58O2. The van der Waals surface area contributed by atoms with Crippen LogP contribution in [0.5, 0.6) is 0 Å². The van der Waals surface area contributed by atoms with Gasteiger partial charge in [-0.15, -0.1) is 6.58 Å². The highest BCUT2D eigenvalue weighted by atomic mass is 16.3. The quantitative estimate of drug-likeness (QED) is 0.374. The molecule has 3 saturated carbocycles. The van der Waals surface area contributed by atoms with Gasteiger partial charge in [0.1, 0.15) is 0 Å². The third-order valence-corrected chi connectivity index (χ3v) is 11.4. The number of aliphatic hydroxyl groups is 2. The van der Waals surface area contributed by atoms with Crippen molar-refractivity contribution in [2.75, 3.05) is 6.61 Å².